The first-order valence-electron chi connectivity index (χ1n) is 14.9. The summed E-state index contributed by atoms with van der Waals surface area (Å²) in [4.78, 5) is 29.2. The van der Waals surface area contributed by atoms with Gasteiger partial charge in [-0.05, 0) is 83.0 Å². The van der Waals surface area contributed by atoms with Crippen molar-refractivity contribution in [2.45, 2.75) is 71.0 Å². The van der Waals surface area contributed by atoms with Crippen molar-refractivity contribution in [3.63, 3.8) is 0 Å². The Morgan fingerprint density at radius 2 is 1.51 bits per heavy atom. The van der Waals surface area contributed by atoms with Crippen LogP contribution in [0.15, 0.2) is 71.6 Å². The lowest BCUT2D eigenvalue weighted by atomic mass is 10.1. The van der Waals surface area contributed by atoms with Crippen molar-refractivity contribution < 1.29 is 32.2 Å². The zero-order chi connectivity index (χ0) is 33.4. The van der Waals surface area contributed by atoms with E-state index in [-0.39, 0.29) is 28.8 Å². The molecule has 2 amide bonds. The van der Waals surface area contributed by atoms with E-state index in [2.05, 4.69) is 5.32 Å². The first kappa shape index (κ1) is 35.2. The number of ether oxygens (including phenoxy) is 3. The third-order valence-electron chi connectivity index (χ3n) is 7.02. The molecule has 45 heavy (non-hydrogen) atoms. The van der Waals surface area contributed by atoms with Gasteiger partial charge in [0.15, 0.2) is 11.5 Å². The molecule has 0 saturated carbocycles. The fourth-order valence-electron chi connectivity index (χ4n) is 4.77. The van der Waals surface area contributed by atoms with Gasteiger partial charge in [0.1, 0.15) is 18.3 Å². The number of nitrogens with one attached hydrogen (secondary N) is 1. The molecule has 0 radical (unpaired) electrons. The fourth-order valence-corrected chi connectivity index (χ4v) is 6.20. The average molecular weight is 640 g/mol. The number of hydrogen-bond acceptors (Lipinski definition) is 7. The van der Waals surface area contributed by atoms with Crippen LogP contribution in [0.25, 0.3) is 0 Å². The lowest BCUT2D eigenvalue weighted by molar-refractivity contribution is -0.141. The summed E-state index contributed by atoms with van der Waals surface area (Å²) in [5.74, 6) is 0.287. The standard InChI is InChI=1S/C34H45N3O7S/c1-9-29(33(39)35-34(4,5)6)36(22-25-13-11-24(3)12-14-25)32(38)23-37(26-15-17-27(18-16-26)44-10-2)45(40,41)28-19-20-30(42-7)31(21-28)43-8/h11-21,29H,9-10,22-23H2,1-8H3,(H,35,39)/t29-/m0/s1. The summed E-state index contributed by atoms with van der Waals surface area (Å²) in [6.45, 7) is 11.2. The molecule has 3 rings (SSSR count). The second-order valence-corrected chi connectivity index (χ2v) is 13.5. The largest absolute Gasteiger partial charge is 0.494 e. The number of amides is 2. The van der Waals surface area contributed by atoms with Crippen molar-refractivity contribution in [2.24, 2.45) is 0 Å². The summed E-state index contributed by atoms with van der Waals surface area (Å²) in [6.07, 6.45) is 0.324. The molecule has 1 atom stereocenters. The van der Waals surface area contributed by atoms with Crippen molar-refractivity contribution >= 4 is 27.5 Å². The van der Waals surface area contributed by atoms with Gasteiger partial charge in [0.25, 0.3) is 10.0 Å². The van der Waals surface area contributed by atoms with Gasteiger partial charge in [0.05, 0.1) is 31.4 Å². The van der Waals surface area contributed by atoms with Gasteiger partial charge >= 0.3 is 0 Å². The molecule has 0 spiro atoms. The topological polar surface area (TPSA) is 114 Å². The summed E-state index contributed by atoms with van der Waals surface area (Å²) in [5.41, 5.74) is 1.58. The number of benzene rings is 3. The number of anilines is 1. The van der Waals surface area contributed by atoms with Crippen LogP contribution in [-0.4, -0.2) is 64.1 Å². The van der Waals surface area contributed by atoms with Gasteiger partial charge in [-0.1, -0.05) is 36.8 Å². The van der Waals surface area contributed by atoms with Crippen LogP contribution in [0, 0.1) is 6.92 Å². The van der Waals surface area contributed by atoms with Gasteiger partial charge in [-0.15, -0.1) is 0 Å². The highest BCUT2D eigenvalue weighted by Crippen LogP contribution is 2.33. The molecule has 1 N–H and O–H groups in total. The fraction of sp³-hybridized carbons (Fsp3) is 0.412. The van der Waals surface area contributed by atoms with E-state index in [0.717, 1.165) is 15.4 Å². The molecule has 3 aromatic rings. The quantitative estimate of drug-likeness (QED) is 0.254. The molecule has 10 nitrogen and oxygen atoms in total. The molecule has 244 valence electrons. The first-order valence-corrected chi connectivity index (χ1v) is 16.3. The molecule has 0 fully saturated rings. The van der Waals surface area contributed by atoms with Crippen molar-refractivity contribution in [1.82, 2.24) is 10.2 Å². The Hall–Kier alpha value is -4.25. The summed E-state index contributed by atoms with van der Waals surface area (Å²) in [6, 6.07) is 17.5. The number of methoxy groups -OCH3 is 2. The van der Waals surface area contributed by atoms with E-state index in [0.29, 0.717) is 24.5 Å². The lowest BCUT2D eigenvalue weighted by Gasteiger charge is -2.34. The van der Waals surface area contributed by atoms with E-state index < -0.39 is 34.1 Å². The van der Waals surface area contributed by atoms with E-state index in [4.69, 9.17) is 14.2 Å². The van der Waals surface area contributed by atoms with E-state index in [1.165, 1.54) is 37.3 Å². The molecule has 0 aromatic heterocycles. The number of aryl methyl sites for hydroxylation is 1. The number of rotatable bonds is 14. The molecule has 0 aliphatic carbocycles. The minimum Gasteiger partial charge on any atom is -0.494 e. The molecular formula is C34H45N3O7S. The summed E-state index contributed by atoms with van der Waals surface area (Å²) >= 11 is 0. The molecule has 3 aromatic carbocycles. The summed E-state index contributed by atoms with van der Waals surface area (Å²) in [5, 5.41) is 2.98. The number of hydrogen-bond donors (Lipinski definition) is 1. The maximum absolute atomic E-state index is 14.3. The minimum atomic E-state index is -4.32. The molecule has 0 aliphatic heterocycles. The number of sulfonamides is 1. The highest BCUT2D eigenvalue weighted by Gasteiger charge is 2.35. The van der Waals surface area contributed by atoms with Crippen molar-refractivity contribution in [1.29, 1.82) is 0 Å². The van der Waals surface area contributed by atoms with Crippen LogP contribution in [0.1, 0.15) is 52.2 Å². The van der Waals surface area contributed by atoms with Gasteiger partial charge in [-0.3, -0.25) is 13.9 Å². The van der Waals surface area contributed by atoms with Crippen LogP contribution in [0.5, 0.6) is 17.2 Å². The second kappa shape index (κ2) is 15.2. The van der Waals surface area contributed by atoms with Crippen molar-refractivity contribution in [3.05, 3.63) is 77.9 Å². The zero-order valence-electron chi connectivity index (χ0n) is 27.4. The number of nitrogens with zero attached hydrogens (tertiary/aromatic N) is 2. The number of carbonyl (C=O) groups excluding carboxylic acids is 2. The Kier molecular flexibility index (Phi) is 11.9. The minimum absolute atomic E-state index is 0.0931. The molecule has 0 heterocycles. The third kappa shape index (κ3) is 9.13. The normalized spacial score (nSPS) is 12.2. The first-order chi connectivity index (χ1) is 21.2. The second-order valence-electron chi connectivity index (χ2n) is 11.6. The molecule has 0 unspecified atom stereocenters. The Balaban J connectivity index is 2.12. The Morgan fingerprint density at radius 1 is 0.889 bits per heavy atom. The zero-order valence-corrected chi connectivity index (χ0v) is 28.2. The third-order valence-corrected chi connectivity index (χ3v) is 8.79. The highest BCUT2D eigenvalue weighted by molar-refractivity contribution is 7.92. The van der Waals surface area contributed by atoms with E-state index >= 15 is 0 Å². The summed E-state index contributed by atoms with van der Waals surface area (Å²) in [7, 11) is -1.44. The van der Waals surface area contributed by atoms with Crippen LogP contribution in [0.3, 0.4) is 0 Å². The van der Waals surface area contributed by atoms with Crippen LogP contribution >= 0.6 is 0 Å². The van der Waals surface area contributed by atoms with E-state index in [9.17, 15) is 18.0 Å². The summed E-state index contributed by atoms with van der Waals surface area (Å²) < 4.78 is 45.8. The monoisotopic (exact) mass is 639 g/mol. The molecule has 11 heteroatoms. The average Bonchev–Trinajstić information content (AvgIpc) is 2.99. The van der Waals surface area contributed by atoms with E-state index in [1.54, 1.807) is 24.3 Å². The van der Waals surface area contributed by atoms with E-state index in [1.807, 2.05) is 65.8 Å². The van der Waals surface area contributed by atoms with Gasteiger partial charge in [-0.25, -0.2) is 8.42 Å². The molecule has 0 aliphatic rings. The molecular weight excluding hydrogens is 594 g/mol. The Morgan fingerprint density at radius 3 is 2.04 bits per heavy atom. The Labute approximate surface area is 267 Å². The predicted octanol–water partition coefficient (Wildman–Crippen LogP) is 5.33. The smallest absolute Gasteiger partial charge is 0.264 e. The molecule has 0 saturated heterocycles. The highest BCUT2D eigenvalue weighted by atomic mass is 32.2. The maximum Gasteiger partial charge on any atom is 0.264 e. The Bertz CT molecular complexity index is 1550. The van der Waals surface area contributed by atoms with Crippen LogP contribution in [0.4, 0.5) is 5.69 Å². The SMILES string of the molecule is CCOc1ccc(N(CC(=O)N(Cc2ccc(C)cc2)[C@@H](CC)C(=O)NC(C)(C)C)S(=O)(=O)c2ccc(OC)c(OC)c2)cc1. The van der Waals surface area contributed by atoms with Crippen molar-refractivity contribution in [3.8, 4) is 17.2 Å². The maximum atomic E-state index is 14.3. The van der Waals surface area contributed by atoms with Gasteiger partial charge < -0.3 is 24.4 Å². The van der Waals surface area contributed by atoms with Crippen LogP contribution in [0.2, 0.25) is 0 Å². The lowest BCUT2D eigenvalue weighted by Crippen LogP contribution is -2.55. The molecule has 0 bridgehead atoms. The van der Waals surface area contributed by atoms with Crippen LogP contribution in [-0.2, 0) is 26.2 Å². The van der Waals surface area contributed by atoms with Crippen molar-refractivity contribution in [2.75, 3.05) is 31.7 Å². The van der Waals surface area contributed by atoms with Gasteiger partial charge in [0, 0.05) is 18.2 Å². The van der Waals surface area contributed by atoms with Crippen LogP contribution < -0.4 is 23.8 Å². The number of carbonyl (C=O) groups is 2. The predicted molar refractivity (Wildman–Crippen MR) is 175 cm³/mol. The van der Waals surface area contributed by atoms with Gasteiger partial charge in [-0.2, -0.15) is 0 Å². The van der Waals surface area contributed by atoms with Gasteiger partial charge in [0.2, 0.25) is 11.8 Å².